The van der Waals surface area contributed by atoms with E-state index < -0.39 is 6.10 Å². The predicted molar refractivity (Wildman–Crippen MR) is 90.4 cm³/mol. The van der Waals surface area contributed by atoms with Crippen LogP contribution in [0.1, 0.15) is 17.5 Å². The van der Waals surface area contributed by atoms with E-state index in [1.54, 1.807) is 29.7 Å². The van der Waals surface area contributed by atoms with Gasteiger partial charge >= 0.3 is 0 Å². The van der Waals surface area contributed by atoms with Crippen LogP contribution in [0.2, 0.25) is 0 Å². The summed E-state index contributed by atoms with van der Waals surface area (Å²) in [4.78, 5) is 17.4. The van der Waals surface area contributed by atoms with Crippen LogP contribution in [-0.2, 0) is 0 Å². The van der Waals surface area contributed by atoms with Crippen molar-refractivity contribution in [1.82, 2.24) is 9.55 Å². The number of nitrogens with zero attached hydrogens (tertiary/aromatic N) is 2. The van der Waals surface area contributed by atoms with Gasteiger partial charge in [0, 0.05) is 5.56 Å². The quantitative estimate of drug-likeness (QED) is 0.777. The first-order chi connectivity index (χ1) is 11.1. The molecule has 0 radical (unpaired) electrons. The van der Waals surface area contributed by atoms with Crippen molar-refractivity contribution in [3.8, 4) is 5.69 Å². The minimum atomic E-state index is -0.900. The monoisotopic (exact) mass is 307 g/mol. The first kappa shape index (κ1) is 15.0. The normalized spacial score (nSPS) is 12.8. The van der Waals surface area contributed by atoms with Crippen molar-refractivity contribution in [2.75, 3.05) is 0 Å². The van der Waals surface area contributed by atoms with Crippen molar-refractivity contribution in [3.05, 3.63) is 82.5 Å². The molecule has 0 bridgehead atoms. The molecule has 3 rings (SSSR count). The van der Waals surface area contributed by atoms with Crippen molar-refractivity contribution in [1.29, 1.82) is 0 Å². The summed E-state index contributed by atoms with van der Waals surface area (Å²) < 4.78 is 1.57. The van der Waals surface area contributed by atoms with Crippen LogP contribution in [-0.4, -0.2) is 14.7 Å². The molecule has 0 fully saturated rings. The molecule has 5 nitrogen and oxygen atoms in total. The van der Waals surface area contributed by atoms with Crippen LogP contribution < -0.4 is 11.3 Å². The van der Waals surface area contributed by atoms with Gasteiger partial charge in [0.05, 0.1) is 16.6 Å². The molecule has 1 heterocycles. The SMILES string of the molecule is Cc1nc2c(C(O)/C=C/N)cccc2c(=O)n1-c1ccccc1. The molecule has 3 aromatic rings. The number of fused-ring (bicyclic) bond motifs is 1. The average Bonchev–Trinajstić information content (AvgIpc) is 2.55. The van der Waals surface area contributed by atoms with Crippen molar-refractivity contribution < 1.29 is 5.11 Å². The Kier molecular flexibility index (Phi) is 3.95. The molecule has 23 heavy (non-hydrogen) atoms. The van der Waals surface area contributed by atoms with E-state index in [1.807, 2.05) is 30.3 Å². The van der Waals surface area contributed by atoms with E-state index in [0.29, 0.717) is 22.3 Å². The molecule has 0 aliphatic rings. The second-order valence-corrected chi connectivity index (χ2v) is 5.21. The number of nitrogens with two attached hydrogens (primary N) is 1. The van der Waals surface area contributed by atoms with E-state index in [0.717, 1.165) is 5.69 Å². The predicted octanol–water partition coefficient (Wildman–Crippen LogP) is 2.20. The van der Waals surface area contributed by atoms with Gasteiger partial charge in [0.1, 0.15) is 11.9 Å². The number of benzene rings is 2. The first-order valence-corrected chi connectivity index (χ1v) is 7.27. The Balaban J connectivity index is 2.32. The number of hydrogen-bond acceptors (Lipinski definition) is 4. The van der Waals surface area contributed by atoms with Gasteiger partial charge in [0.15, 0.2) is 0 Å². The summed E-state index contributed by atoms with van der Waals surface area (Å²) in [6.07, 6.45) is 1.83. The fraction of sp³-hybridized carbons (Fsp3) is 0.111. The summed E-state index contributed by atoms with van der Waals surface area (Å²) in [6, 6.07) is 14.5. The molecule has 0 spiro atoms. The molecule has 1 aromatic heterocycles. The second-order valence-electron chi connectivity index (χ2n) is 5.21. The van der Waals surface area contributed by atoms with Crippen molar-refractivity contribution in [2.24, 2.45) is 5.73 Å². The molecule has 116 valence electrons. The van der Waals surface area contributed by atoms with E-state index in [1.165, 1.54) is 12.3 Å². The number of para-hydroxylation sites is 2. The second kappa shape index (κ2) is 6.06. The van der Waals surface area contributed by atoms with Crippen LogP contribution in [0.15, 0.2) is 65.6 Å². The Bertz CT molecular complexity index is 930. The highest BCUT2D eigenvalue weighted by atomic mass is 16.3. The van der Waals surface area contributed by atoms with Crippen LogP contribution in [0.25, 0.3) is 16.6 Å². The maximum absolute atomic E-state index is 12.9. The standard InChI is InChI=1S/C18H17N3O2/c1-12-20-17-14(16(22)10-11-19)8-5-9-15(17)18(23)21(12)13-6-3-2-4-7-13/h2-11,16,22H,19H2,1H3/b11-10+. The lowest BCUT2D eigenvalue weighted by molar-refractivity contribution is 0.230. The first-order valence-electron chi connectivity index (χ1n) is 7.27. The molecule has 2 aromatic carbocycles. The fourth-order valence-electron chi connectivity index (χ4n) is 2.67. The van der Waals surface area contributed by atoms with Gasteiger partial charge in [-0.1, -0.05) is 30.3 Å². The smallest absolute Gasteiger partial charge is 0.265 e. The van der Waals surface area contributed by atoms with Gasteiger partial charge in [0.25, 0.3) is 5.56 Å². The number of aryl methyl sites for hydroxylation is 1. The Morgan fingerprint density at radius 1 is 1.17 bits per heavy atom. The summed E-state index contributed by atoms with van der Waals surface area (Å²) in [6.45, 7) is 1.77. The lowest BCUT2D eigenvalue weighted by Crippen LogP contribution is -2.22. The zero-order valence-electron chi connectivity index (χ0n) is 12.7. The lowest BCUT2D eigenvalue weighted by Gasteiger charge is -2.14. The average molecular weight is 307 g/mol. The summed E-state index contributed by atoms with van der Waals surface area (Å²) in [7, 11) is 0. The molecule has 0 saturated heterocycles. The van der Waals surface area contributed by atoms with Gasteiger partial charge in [-0.2, -0.15) is 0 Å². The van der Waals surface area contributed by atoms with Crippen LogP contribution in [0.3, 0.4) is 0 Å². The number of hydrogen-bond donors (Lipinski definition) is 2. The minimum absolute atomic E-state index is 0.163. The van der Waals surface area contributed by atoms with E-state index >= 15 is 0 Å². The topological polar surface area (TPSA) is 81.1 Å². The third kappa shape index (κ3) is 2.62. The summed E-state index contributed by atoms with van der Waals surface area (Å²) in [5.41, 5.74) is 7.00. The van der Waals surface area contributed by atoms with Gasteiger partial charge in [-0.15, -0.1) is 0 Å². The molecule has 1 unspecified atom stereocenters. The van der Waals surface area contributed by atoms with E-state index in [9.17, 15) is 9.90 Å². The van der Waals surface area contributed by atoms with Gasteiger partial charge in [0.2, 0.25) is 0 Å². The molecule has 1 atom stereocenters. The molecular formula is C18H17N3O2. The zero-order chi connectivity index (χ0) is 16.4. The Labute approximate surface area is 133 Å². The molecular weight excluding hydrogens is 290 g/mol. The molecule has 0 amide bonds. The Hall–Kier alpha value is -2.92. The molecule has 5 heteroatoms. The van der Waals surface area contributed by atoms with Crippen molar-refractivity contribution in [3.63, 3.8) is 0 Å². The Morgan fingerprint density at radius 2 is 1.91 bits per heavy atom. The van der Waals surface area contributed by atoms with Gasteiger partial charge in [-0.3, -0.25) is 9.36 Å². The highest BCUT2D eigenvalue weighted by molar-refractivity contribution is 5.82. The summed E-state index contributed by atoms with van der Waals surface area (Å²) in [5.74, 6) is 0.560. The maximum Gasteiger partial charge on any atom is 0.265 e. The molecule has 0 aliphatic carbocycles. The highest BCUT2D eigenvalue weighted by Crippen LogP contribution is 2.22. The van der Waals surface area contributed by atoms with E-state index in [4.69, 9.17) is 5.73 Å². The minimum Gasteiger partial charge on any atom is -0.405 e. The summed E-state index contributed by atoms with van der Waals surface area (Å²) in [5, 5.41) is 10.6. The van der Waals surface area contributed by atoms with Gasteiger partial charge < -0.3 is 10.8 Å². The van der Waals surface area contributed by atoms with Crippen LogP contribution in [0.5, 0.6) is 0 Å². The number of aliphatic hydroxyl groups is 1. The van der Waals surface area contributed by atoms with Gasteiger partial charge in [-0.25, -0.2) is 4.98 Å². The van der Waals surface area contributed by atoms with E-state index in [2.05, 4.69) is 4.98 Å². The number of aromatic nitrogens is 2. The Morgan fingerprint density at radius 3 is 2.61 bits per heavy atom. The summed E-state index contributed by atoms with van der Waals surface area (Å²) >= 11 is 0. The third-order valence-electron chi connectivity index (χ3n) is 3.72. The van der Waals surface area contributed by atoms with Gasteiger partial charge in [-0.05, 0) is 37.4 Å². The largest absolute Gasteiger partial charge is 0.405 e. The van der Waals surface area contributed by atoms with Crippen LogP contribution in [0.4, 0.5) is 0 Å². The highest BCUT2D eigenvalue weighted by Gasteiger charge is 2.15. The fourth-order valence-corrected chi connectivity index (χ4v) is 2.67. The van der Waals surface area contributed by atoms with E-state index in [-0.39, 0.29) is 5.56 Å². The number of aliphatic hydroxyl groups excluding tert-OH is 1. The van der Waals surface area contributed by atoms with Crippen molar-refractivity contribution >= 4 is 10.9 Å². The molecule has 3 N–H and O–H groups in total. The van der Waals surface area contributed by atoms with Crippen LogP contribution in [0, 0.1) is 6.92 Å². The van der Waals surface area contributed by atoms with Crippen molar-refractivity contribution in [2.45, 2.75) is 13.0 Å². The maximum atomic E-state index is 12.9. The molecule has 0 aliphatic heterocycles. The third-order valence-corrected chi connectivity index (χ3v) is 3.72. The number of rotatable bonds is 3. The molecule has 0 saturated carbocycles. The van der Waals surface area contributed by atoms with Crippen LogP contribution >= 0.6 is 0 Å². The lowest BCUT2D eigenvalue weighted by atomic mass is 10.1. The zero-order valence-corrected chi connectivity index (χ0v) is 12.7.